The summed E-state index contributed by atoms with van der Waals surface area (Å²) in [7, 11) is -3.88. The second-order valence-corrected chi connectivity index (χ2v) is 8.00. The van der Waals surface area contributed by atoms with Crippen molar-refractivity contribution in [2.24, 2.45) is 0 Å². The molecule has 1 atom stereocenters. The first-order valence-electron chi connectivity index (χ1n) is 7.79. The Hall–Kier alpha value is -2.16. The van der Waals surface area contributed by atoms with Crippen molar-refractivity contribution >= 4 is 21.6 Å². The average Bonchev–Trinajstić information content (AvgIpc) is 3.20. The van der Waals surface area contributed by atoms with Crippen molar-refractivity contribution in [2.45, 2.75) is 24.8 Å². The van der Waals surface area contributed by atoms with Gasteiger partial charge in [-0.25, -0.2) is 17.5 Å². The van der Waals surface area contributed by atoms with Crippen LogP contribution in [-0.2, 0) is 10.0 Å². The first-order chi connectivity index (χ1) is 12.3. The summed E-state index contributed by atoms with van der Waals surface area (Å²) in [4.78, 5) is -0.115. The molecule has 0 aliphatic heterocycles. The van der Waals surface area contributed by atoms with Crippen LogP contribution in [0.15, 0.2) is 52.0 Å². The van der Waals surface area contributed by atoms with Crippen molar-refractivity contribution in [1.29, 1.82) is 0 Å². The van der Waals surface area contributed by atoms with Crippen LogP contribution < -0.4 is 4.72 Å². The molecular formula is C17H17ClFN3O3S. The maximum atomic E-state index is 13.3. The minimum atomic E-state index is -3.88. The van der Waals surface area contributed by atoms with Crippen LogP contribution >= 0.6 is 11.6 Å². The zero-order valence-electron chi connectivity index (χ0n) is 14.1. The number of hydrogen-bond donors (Lipinski definition) is 1. The Morgan fingerprint density at radius 2 is 2.08 bits per heavy atom. The van der Waals surface area contributed by atoms with Crippen molar-refractivity contribution in [2.75, 3.05) is 6.54 Å². The molecule has 0 fully saturated rings. The van der Waals surface area contributed by atoms with E-state index in [-0.39, 0.29) is 16.5 Å². The second kappa shape index (κ2) is 7.22. The van der Waals surface area contributed by atoms with Crippen LogP contribution in [-0.4, -0.2) is 24.7 Å². The summed E-state index contributed by atoms with van der Waals surface area (Å²) in [6.07, 6.45) is 1.52. The van der Waals surface area contributed by atoms with Crippen LogP contribution in [0.5, 0.6) is 0 Å². The summed E-state index contributed by atoms with van der Waals surface area (Å²) in [5, 5.41) is 4.16. The van der Waals surface area contributed by atoms with Crippen LogP contribution in [0.3, 0.4) is 0 Å². The van der Waals surface area contributed by atoms with Crippen LogP contribution in [0.25, 0.3) is 0 Å². The van der Waals surface area contributed by atoms with Crippen LogP contribution in [0, 0.1) is 19.7 Å². The molecule has 9 heteroatoms. The Labute approximate surface area is 155 Å². The monoisotopic (exact) mass is 397 g/mol. The summed E-state index contributed by atoms with van der Waals surface area (Å²) >= 11 is 5.69. The maximum Gasteiger partial charge on any atom is 0.240 e. The predicted octanol–water partition coefficient (Wildman–Crippen LogP) is 3.45. The smallest absolute Gasteiger partial charge is 0.240 e. The molecule has 0 spiro atoms. The molecule has 1 aromatic carbocycles. The highest BCUT2D eigenvalue weighted by Crippen LogP contribution is 2.23. The minimum absolute atomic E-state index is 0.00675. The van der Waals surface area contributed by atoms with E-state index in [1.807, 2.05) is 19.9 Å². The molecule has 2 aromatic heterocycles. The average molecular weight is 398 g/mol. The van der Waals surface area contributed by atoms with E-state index in [1.54, 1.807) is 16.8 Å². The van der Waals surface area contributed by atoms with Gasteiger partial charge in [-0.2, -0.15) is 5.10 Å². The van der Waals surface area contributed by atoms with E-state index >= 15 is 0 Å². The first-order valence-corrected chi connectivity index (χ1v) is 9.65. The number of aromatic nitrogens is 2. The third-order valence-electron chi connectivity index (χ3n) is 3.88. The molecule has 0 radical (unpaired) electrons. The molecule has 26 heavy (non-hydrogen) atoms. The molecule has 0 saturated heterocycles. The molecule has 0 aliphatic rings. The molecular weight excluding hydrogens is 381 g/mol. The fourth-order valence-corrected chi connectivity index (χ4v) is 3.98. The van der Waals surface area contributed by atoms with Gasteiger partial charge >= 0.3 is 0 Å². The molecule has 3 aromatic rings. The number of hydrogen-bond acceptors (Lipinski definition) is 4. The van der Waals surface area contributed by atoms with Crippen molar-refractivity contribution in [1.82, 2.24) is 14.5 Å². The van der Waals surface area contributed by atoms with Gasteiger partial charge in [0.05, 0.1) is 21.9 Å². The van der Waals surface area contributed by atoms with Crippen LogP contribution in [0.1, 0.15) is 23.2 Å². The molecule has 2 heterocycles. The first kappa shape index (κ1) is 18.6. The summed E-state index contributed by atoms with van der Waals surface area (Å²) < 4.78 is 48.0. The molecule has 1 N–H and O–H groups in total. The molecule has 0 unspecified atom stereocenters. The summed E-state index contributed by atoms with van der Waals surface area (Å²) in [5.74, 6) is -0.113. The van der Waals surface area contributed by atoms with Gasteiger partial charge in [0.2, 0.25) is 10.0 Å². The van der Waals surface area contributed by atoms with E-state index < -0.39 is 21.9 Å². The van der Waals surface area contributed by atoms with E-state index in [0.29, 0.717) is 5.76 Å². The van der Waals surface area contributed by atoms with Gasteiger partial charge < -0.3 is 4.42 Å². The standard InChI is InChI=1S/C17H17ClFN3O3S/c1-11-8-12(2)22(21-11)16(17-4-3-7-25-17)10-20-26(23,24)13-5-6-15(19)14(18)9-13/h3-9,16,20H,10H2,1-2H3/t16-/m0/s1. The highest BCUT2D eigenvalue weighted by atomic mass is 35.5. The van der Waals surface area contributed by atoms with Gasteiger partial charge in [0.15, 0.2) is 0 Å². The Balaban J connectivity index is 1.88. The topological polar surface area (TPSA) is 77.1 Å². The van der Waals surface area contributed by atoms with Crippen LogP contribution in [0.2, 0.25) is 5.02 Å². The van der Waals surface area contributed by atoms with Gasteiger partial charge in [-0.15, -0.1) is 0 Å². The number of sulfonamides is 1. The second-order valence-electron chi connectivity index (χ2n) is 5.83. The van der Waals surface area contributed by atoms with Crippen LogP contribution in [0.4, 0.5) is 4.39 Å². The summed E-state index contributed by atoms with van der Waals surface area (Å²) in [6, 6.07) is 8.15. The number of aryl methyl sites for hydroxylation is 2. The minimum Gasteiger partial charge on any atom is -0.467 e. The fourth-order valence-electron chi connectivity index (χ4n) is 2.67. The largest absolute Gasteiger partial charge is 0.467 e. The summed E-state index contributed by atoms with van der Waals surface area (Å²) in [6.45, 7) is 3.74. The Morgan fingerprint density at radius 3 is 2.65 bits per heavy atom. The van der Waals surface area contributed by atoms with E-state index in [9.17, 15) is 12.8 Å². The molecule has 0 amide bonds. The number of furan rings is 1. The van der Waals surface area contributed by atoms with E-state index in [0.717, 1.165) is 29.6 Å². The van der Waals surface area contributed by atoms with Gasteiger partial charge in [0, 0.05) is 12.2 Å². The highest BCUT2D eigenvalue weighted by molar-refractivity contribution is 7.89. The zero-order chi connectivity index (χ0) is 18.9. The highest BCUT2D eigenvalue weighted by Gasteiger charge is 2.23. The summed E-state index contributed by atoms with van der Waals surface area (Å²) in [5.41, 5.74) is 1.68. The Kier molecular flexibility index (Phi) is 5.17. The van der Waals surface area contributed by atoms with Crippen molar-refractivity contribution < 1.29 is 17.2 Å². The SMILES string of the molecule is Cc1cc(C)n([C@@H](CNS(=O)(=O)c2ccc(F)c(Cl)c2)c2ccco2)n1. The van der Waals surface area contributed by atoms with Crippen molar-refractivity contribution in [3.8, 4) is 0 Å². The van der Waals surface area contributed by atoms with Gasteiger partial charge in [-0.3, -0.25) is 4.68 Å². The molecule has 6 nitrogen and oxygen atoms in total. The lowest BCUT2D eigenvalue weighted by Gasteiger charge is -2.18. The van der Waals surface area contributed by atoms with Gasteiger partial charge in [0.25, 0.3) is 0 Å². The number of halogens is 2. The quantitative estimate of drug-likeness (QED) is 0.691. The third kappa shape index (κ3) is 3.82. The Bertz CT molecular complexity index is 1020. The number of benzene rings is 1. The lowest BCUT2D eigenvalue weighted by Crippen LogP contribution is -2.32. The molecule has 0 bridgehead atoms. The maximum absolute atomic E-state index is 13.3. The number of rotatable bonds is 6. The molecule has 3 rings (SSSR count). The van der Waals surface area contributed by atoms with Crippen molar-refractivity contribution in [3.05, 3.63) is 70.6 Å². The Morgan fingerprint density at radius 1 is 1.31 bits per heavy atom. The zero-order valence-corrected chi connectivity index (χ0v) is 15.7. The molecule has 138 valence electrons. The normalized spacial score (nSPS) is 13.1. The lowest BCUT2D eigenvalue weighted by atomic mass is 10.2. The fraction of sp³-hybridized carbons (Fsp3) is 0.235. The van der Waals surface area contributed by atoms with Gasteiger partial charge in [0.1, 0.15) is 17.6 Å². The lowest BCUT2D eigenvalue weighted by molar-refractivity contribution is 0.397. The van der Waals surface area contributed by atoms with E-state index in [1.165, 1.54) is 6.26 Å². The van der Waals surface area contributed by atoms with E-state index in [4.69, 9.17) is 16.0 Å². The molecule has 0 saturated carbocycles. The third-order valence-corrected chi connectivity index (χ3v) is 5.59. The number of nitrogens with zero attached hydrogens (tertiary/aromatic N) is 2. The molecule has 0 aliphatic carbocycles. The van der Waals surface area contributed by atoms with E-state index in [2.05, 4.69) is 9.82 Å². The van der Waals surface area contributed by atoms with Gasteiger partial charge in [-0.1, -0.05) is 11.6 Å². The van der Waals surface area contributed by atoms with Crippen molar-refractivity contribution in [3.63, 3.8) is 0 Å². The number of nitrogens with one attached hydrogen (secondary N) is 1. The predicted molar refractivity (Wildman–Crippen MR) is 95.1 cm³/mol. The van der Waals surface area contributed by atoms with Gasteiger partial charge in [-0.05, 0) is 50.2 Å².